The lowest BCUT2D eigenvalue weighted by atomic mass is 10.3. The molecule has 7 heteroatoms. The van der Waals surface area contributed by atoms with Crippen LogP contribution in [-0.2, 0) is 0 Å². The summed E-state index contributed by atoms with van der Waals surface area (Å²) in [7, 11) is 0. The molecule has 0 atom stereocenters. The zero-order chi connectivity index (χ0) is 16.4. The van der Waals surface area contributed by atoms with Crippen LogP contribution in [0.4, 0.5) is 10.1 Å². The van der Waals surface area contributed by atoms with Crippen LogP contribution in [0.3, 0.4) is 0 Å². The molecule has 0 radical (unpaired) electrons. The molecule has 1 N–H and O–H groups in total. The predicted molar refractivity (Wildman–Crippen MR) is 85.5 cm³/mol. The predicted octanol–water partition coefficient (Wildman–Crippen LogP) is 3.62. The standard InChI is InChI=1S/C16H12ClFN4O/c1-10-15(21-22(20-10)12-5-3-2-4-6-12)16(23)19-11-7-8-14(18)13(17)9-11/h2-9H,1H3,(H,19,23). The minimum atomic E-state index is -0.545. The second-order valence-electron chi connectivity index (χ2n) is 4.84. The van der Waals surface area contributed by atoms with Crippen LogP contribution in [0, 0.1) is 12.7 Å². The van der Waals surface area contributed by atoms with Crippen molar-refractivity contribution in [1.82, 2.24) is 15.0 Å². The number of aryl methyl sites for hydroxylation is 1. The highest BCUT2D eigenvalue weighted by atomic mass is 35.5. The highest BCUT2D eigenvalue weighted by Crippen LogP contribution is 2.20. The van der Waals surface area contributed by atoms with Gasteiger partial charge in [0.15, 0.2) is 5.69 Å². The number of nitrogens with zero attached hydrogens (tertiary/aromatic N) is 3. The van der Waals surface area contributed by atoms with E-state index in [9.17, 15) is 9.18 Å². The maximum atomic E-state index is 13.1. The Hall–Kier alpha value is -2.73. The van der Waals surface area contributed by atoms with E-state index in [0.717, 1.165) is 5.69 Å². The second-order valence-corrected chi connectivity index (χ2v) is 5.25. The molecule has 0 unspecified atom stereocenters. The molecule has 0 aliphatic rings. The summed E-state index contributed by atoms with van der Waals surface area (Å²) < 4.78 is 13.1. The number of aromatic nitrogens is 3. The fourth-order valence-electron chi connectivity index (χ4n) is 2.03. The van der Waals surface area contributed by atoms with Gasteiger partial charge in [0.25, 0.3) is 5.91 Å². The fraction of sp³-hybridized carbons (Fsp3) is 0.0625. The van der Waals surface area contributed by atoms with Gasteiger partial charge in [-0.2, -0.15) is 9.90 Å². The average molecular weight is 331 g/mol. The highest BCUT2D eigenvalue weighted by Gasteiger charge is 2.17. The van der Waals surface area contributed by atoms with Crippen molar-refractivity contribution in [1.29, 1.82) is 0 Å². The van der Waals surface area contributed by atoms with Crippen molar-refractivity contribution in [3.05, 3.63) is 70.8 Å². The molecule has 0 saturated heterocycles. The van der Waals surface area contributed by atoms with Gasteiger partial charge in [0.2, 0.25) is 0 Å². The normalized spacial score (nSPS) is 10.6. The number of amides is 1. The van der Waals surface area contributed by atoms with Gasteiger partial charge in [-0.25, -0.2) is 4.39 Å². The summed E-state index contributed by atoms with van der Waals surface area (Å²) in [6, 6.07) is 13.2. The van der Waals surface area contributed by atoms with Crippen LogP contribution < -0.4 is 5.32 Å². The smallest absolute Gasteiger partial charge is 0.278 e. The van der Waals surface area contributed by atoms with E-state index in [4.69, 9.17) is 11.6 Å². The summed E-state index contributed by atoms with van der Waals surface area (Å²) in [5.74, 6) is -0.983. The van der Waals surface area contributed by atoms with Gasteiger partial charge in [0.05, 0.1) is 16.4 Å². The molecule has 3 rings (SSSR count). The van der Waals surface area contributed by atoms with E-state index in [1.54, 1.807) is 6.92 Å². The Labute approximate surface area is 136 Å². The molecule has 1 aromatic heterocycles. The highest BCUT2D eigenvalue weighted by molar-refractivity contribution is 6.31. The second kappa shape index (κ2) is 6.18. The first-order valence-corrected chi connectivity index (χ1v) is 7.18. The molecule has 2 aromatic carbocycles. The molecule has 1 heterocycles. The molecule has 116 valence electrons. The van der Waals surface area contributed by atoms with Crippen LogP contribution in [-0.4, -0.2) is 20.9 Å². The minimum absolute atomic E-state index is 0.0625. The third kappa shape index (κ3) is 3.22. The van der Waals surface area contributed by atoms with Crippen LogP contribution in [0.2, 0.25) is 5.02 Å². The lowest BCUT2D eigenvalue weighted by Crippen LogP contribution is -2.14. The molecule has 0 saturated carbocycles. The molecule has 0 spiro atoms. The molecular formula is C16H12ClFN4O. The van der Waals surface area contributed by atoms with Gasteiger partial charge < -0.3 is 5.32 Å². The van der Waals surface area contributed by atoms with Crippen LogP contribution in [0.15, 0.2) is 48.5 Å². The van der Waals surface area contributed by atoms with Crippen LogP contribution in [0.1, 0.15) is 16.2 Å². The minimum Gasteiger partial charge on any atom is -0.320 e. The van der Waals surface area contributed by atoms with Crippen LogP contribution in [0.5, 0.6) is 0 Å². The molecule has 1 amide bonds. The lowest BCUT2D eigenvalue weighted by Gasteiger charge is -2.04. The molecule has 5 nitrogen and oxygen atoms in total. The van der Waals surface area contributed by atoms with Gasteiger partial charge in [-0.1, -0.05) is 29.8 Å². The van der Waals surface area contributed by atoms with Crippen molar-refractivity contribution in [2.45, 2.75) is 6.92 Å². The van der Waals surface area contributed by atoms with E-state index in [2.05, 4.69) is 15.5 Å². The summed E-state index contributed by atoms with van der Waals surface area (Å²) in [6.07, 6.45) is 0. The lowest BCUT2D eigenvalue weighted by molar-refractivity contribution is 0.102. The fourth-order valence-corrected chi connectivity index (χ4v) is 2.21. The number of para-hydroxylation sites is 1. The number of rotatable bonds is 3. The number of hydrogen-bond acceptors (Lipinski definition) is 3. The molecule has 23 heavy (non-hydrogen) atoms. The summed E-state index contributed by atoms with van der Waals surface area (Å²) in [4.78, 5) is 13.7. The Balaban J connectivity index is 1.85. The van der Waals surface area contributed by atoms with Crippen molar-refractivity contribution >= 4 is 23.2 Å². The van der Waals surface area contributed by atoms with E-state index in [-0.39, 0.29) is 10.7 Å². The maximum Gasteiger partial charge on any atom is 0.278 e. The number of hydrogen-bond donors (Lipinski definition) is 1. The first-order chi connectivity index (χ1) is 11.0. The van der Waals surface area contributed by atoms with Gasteiger partial charge >= 0.3 is 0 Å². The molecule has 0 fully saturated rings. The SMILES string of the molecule is Cc1nn(-c2ccccc2)nc1C(=O)Nc1ccc(F)c(Cl)c1. The zero-order valence-electron chi connectivity index (χ0n) is 12.1. The molecular weight excluding hydrogens is 319 g/mol. The number of carbonyl (C=O) groups is 1. The molecule has 3 aromatic rings. The number of halogens is 2. The summed E-state index contributed by atoms with van der Waals surface area (Å²) in [6.45, 7) is 1.69. The van der Waals surface area contributed by atoms with Crippen LogP contribution in [0.25, 0.3) is 5.69 Å². The van der Waals surface area contributed by atoms with E-state index in [1.807, 2.05) is 30.3 Å². The first kappa shape index (κ1) is 15.2. The number of anilines is 1. The van der Waals surface area contributed by atoms with Crippen molar-refractivity contribution < 1.29 is 9.18 Å². The van der Waals surface area contributed by atoms with Crippen molar-refractivity contribution in [2.24, 2.45) is 0 Å². The van der Waals surface area contributed by atoms with Crippen molar-refractivity contribution in [3.63, 3.8) is 0 Å². The Morgan fingerprint density at radius 3 is 2.61 bits per heavy atom. The van der Waals surface area contributed by atoms with Crippen LogP contribution >= 0.6 is 11.6 Å². The number of carbonyl (C=O) groups excluding carboxylic acids is 1. The third-order valence-electron chi connectivity index (χ3n) is 3.16. The third-order valence-corrected chi connectivity index (χ3v) is 3.45. The van der Waals surface area contributed by atoms with Crippen molar-refractivity contribution in [3.8, 4) is 5.69 Å². The molecule has 0 aliphatic carbocycles. The number of nitrogens with one attached hydrogen (secondary N) is 1. The van der Waals surface area contributed by atoms with Crippen molar-refractivity contribution in [2.75, 3.05) is 5.32 Å². The van der Waals surface area contributed by atoms with Gasteiger partial charge in [-0.3, -0.25) is 4.79 Å². The van der Waals surface area contributed by atoms with Gasteiger partial charge in [0, 0.05) is 5.69 Å². The largest absolute Gasteiger partial charge is 0.320 e. The Morgan fingerprint density at radius 1 is 1.17 bits per heavy atom. The van der Waals surface area contributed by atoms with Gasteiger partial charge in [-0.15, -0.1) is 5.10 Å². The molecule has 0 bridgehead atoms. The van der Waals surface area contributed by atoms with E-state index in [0.29, 0.717) is 11.4 Å². The topological polar surface area (TPSA) is 59.8 Å². The van der Waals surface area contributed by atoms with E-state index >= 15 is 0 Å². The number of benzene rings is 2. The summed E-state index contributed by atoms with van der Waals surface area (Å²) in [5, 5.41) is 11.0. The van der Waals surface area contributed by atoms with Gasteiger partial charge in [0.1, 0.15) is 5.82 Å². The quantitative estimate of drug-likeness (QED) is 0.798. The summed E-state index contributed by atoms with van der Waals surface area (Å²) >= 11 is 5.70. The maximum absolute atomic E-state index is 13.1. The monoisotopic (exact) mass is 330 g/mol. The van der Waals surface area contributed by atoms with E-state index < -0.39 is 11.7 Å². The first-order valence-electron chi connectivity index (χ1n) is 6.80. The zero-order valence-corrected chi connectivity index (χ0v) is 12.9. The Bertz CT molecular complexity index is 864. The Kier molecular flexibility index (Phi) is 4.08. The average Bonchev–Trinajstić information content (AvgIpc) is 2.94. The Morgan fingerprint density at radius 2 is 1.91 bits per heavy atom. The van der Waals surface area contributed by atoms with E-state index in [1.165, 1.54) is 23.0 Å². The summed E-state index contributed by atoms with van der Waals surface area (Å²) in [5.41, 5.74) is 1.81. The molecule has 0 aliphatic heterocycles. The van der Waals surface area contributed by atoms with Gasteiger partial charge in [-0.05, 0) is 37.3 Å².